The summed E-state index contributed by atoms with van der Waals surface area (Å²) in [7, 11) is 0. The van der Waals surface area contributed by atoms with Crippen LogP contribution in [0.4, 0.5) is 34.1 Å². The monoisotopic (exact) mass is 978 g/mol. The molecule has 0 spiro atoms. The Morgan fingerprint density at radius 2 is 0.662 bits per heavy atom. The molecule has 0 unspecified atom stereocenters. The SMILES string of the molecule is CC1(C)c2cc3c(cc2-c2cc4c(cc21)Oc1c(C#N)c2c5c6c1B4c1ccccc1N6c1ccccc1B5c1ccccc1O2)B1c2ccccc2N2c4ccccc4B4c5ccccc5Oc5c(C#N)c(c1c2c54)O3. The van der Waals surface area contributed by atoms with Gasteiger partial charge >= 0.3 is 0 Å². The molecule has 0 saturated heterocycles. The molecule has 10 aromatic rings. The standard InChI is InChI=1S/C65H34B4N4O4/c1-65(2)37-29-53-45(68-41-17-5-11-23-49(41)72-47-21-9-3-15-39(47)66-43-19-7-13-25-51(43)74-61-35(31-70)63(76-53)57(68)59(72)55(61)66)27-33(37)34-28-46-54(30-38(34)65)77-64-36(32-71)62-56-60-58(64)69(46)42-18-6-12-24-50(42)73(60)48-22-10-4-16-40(48)67(56)44-20-8-14-26-52(44)75-62/h3-30H,1-2H3. The van der Waals surface area contributed by atoms with Crippen LogP contribution in [0.1, 0.15) is 36.1 Å². The van der Waals surface area contributed by atoms with Gasteiger partial charge in [-0.1, -0.05) is 135 Å². The summed E-state index contributed by atoms with van der Waals surface area (Å²) in [6.45, 7) is 3.73. The van der Waals surface area contributed by atoms with Crippen LogP contribution in [0, 0.1) is 22.7 Å². The molecule has 0 fully saturated rings. The van der Waals surface area contributed by atoms with E-state index in [-0.39, 0.29) is 26.9 Å². The number of anilines is 6. The van der Waals surface area contributed by atoms with E-state index < -0.39 is 5.41 Å². The van der Waals surface area contributed by atoms with Crippen LogP contribution < -0.4 is 94.3 Å². The smallest absolute Gasteiger partial charge is 0.256 e. The van der Waals surface area contributed by atoms with Crippen molar-refractivity contribution in [3.05, 3.63) is 192 Å². The summed E-state index contributed by atoms with van der Waals surface area (Å²) in [4.78, 5) is 4.80. The van der Waals surface area contributed by atoms with Crippen molar-refractivity contribution < 1.29 is 18.9 Å². The van der Waals surface area contributed by atoms with Crippen LogP contribution in [-0.4, -0.2) is 26.9 Å². The van der Waals surface area contributed by atoms with Gasteiger partial charge in [0.1, 0.15) is 69.3 Å². The highest BCUT2D eigenvalue weighted by molar-refractivity contribution is 7.05. The molecule has 0 radical (unpaired) electrons. The van der Waals surface area contributed by atoms with Crippen molar-refractivity contribution >= 4 is 127 Å². The number of hydrogen-bond donors (Lipinski definition) is 0. The second-order valence-corrected chi connectivity index (χ2v) is 22.3. The topological polar surface area (TPSA) is 91.0 Å². The van der Waals surface area contributed by atoms with Crippen LogP contribution in [0.2, 0.25) is 0 Å². The first-order valence-electron chi connectivity index (χ1n) is 26.4. The van der Waals surface area contributed by atoms with Crippen molar-refractivity contribution in [2.75, 3.05) is 9.80 Å². The third kappa shape index (κ3) is 4.58. The number of benzene rings is 10. The minimum Gasteiger partial charge on any atom is -0.457 e. The average Bonchev–Trinajstić information content (AvgIpc) is 3.86. The third-order valence-corrected chi connectivity index (χ3v) is 18.6. The van der Waals surface area contributed by atoms with Gasteiger partial charge in [-0.25, -0.2) is 0 Å². The Bertz CT molecular complexity index is 4380. The highest BCUT2D eigenvalue weighted by Gasteiger charge is 2.55. The predicted octanol–water partition coefficient (Wildman–Crippen LogP) is 6.42. The molecule has 10 aromatic carbocycles. The lowest BCUT2D eigenvalue weighted by atomic mass is 9.29. The zero-order chi connectivity index (χ0) is 50.5. The van der Waals surface area contributed by atoms with E-state index in [4.69, 9.17) is 18.9 Å². The molecule has 9 aliphatic rings. The highest BCUT2D eigenvalue weighted by atomic mass is 16.5. The highest BCUT2D eigenvalue weighted by Crippen LogP contribution is 2.55. The molecule has 8 heterocycles. The molecular formula is C65H34B4N4O4. The number of nitrogens with zero attached hydrogens (tertiary/aromatic N) is 4. The fourth-order valence-corrected chi connectivity index (χ4v) is 15.6. The van der Waals surface area contributed by atoms with E-state index in [9.17, 15) is 10.5 Å². The zero-order valence-electron chi connectivity index (χ0n) is 41.4. The summed E-state index contributed by atoms with van der Waals surface area (Å²) in [6, 6.07) is 65.9. The number of fused-ring (bicyclic) bond motifs is 23. The average molecular weight is 978 g/mol. The Hall–Kier alpha value is -9.76. The van der Waals surface area contributed by atoms with Crippen molar-refractivity contribution in [1.82, 2.24) is 0 Å². The zero-order valence-corrected chi connectivity index (χ0v) is 41.4. The molecule has 8 nitrogen and oxygen atoms in total. The number of ether oxygens (including phenoxy) is 4. The quantitative estimate of drug-likeness (QED) is 0.161. The first-order chi connectivity index (χ1) is 37.9. The molecule has 0 bridgehead atoms. The molecule has 0 aromatic heterocycles. The molecule has 0 saturated carbocycles. The molecule has 0 N–H and O–H groups in total. The van der Waals surface area contributed by atoms with Gasteiger partial charge in [-0.05, 0) is 136 Å². The van der Waals surface area contributed by atoms with Crippen LogP contribution in [-0.2, 0) is 5.41 Å². The van der Waals surface area contributed by atoms with Crippen LogP contribution in [0.5, 0.6) is 46.0 Å². The molecule has 77 heavy (non-hydrogen) atoms. The molecule has 1 aliphatic carbocycles. The van der Waals surface area contributed by atoms with Crippen molar-refractivity contribution in [2.45, 2.75) is 19.3 Å². The maximum absolute atomic E-state index is 11.4. The summed E-state index contributed by atoms with van der Waals surface area (Å²) >= 11 is 0. The van der Waals surface area contributed by atoms with E-state index in [1.807, 2.05) is 24.3 Å². The van der Waals surface area contributed by atoms with E-state index in [1.165, 1.54) is 10.9 Å². The lowest BCUT2D eigenvalue weighted by Crippen LogP contribution is -2.67. The van der Waals surface area contributed by atoms with E-state index >= 15 is 0 Å². The fourth-order valence-electron chi connectivity index (χ4n) is 15.6. The van der Waals surface area contributed by atoms with Gasteiger partial charge in [0.2, 0.25) is 0 Å². The summed E-state index contributed by atoms with van der Waals surface area (Å²) in [6.07, 6.45) is 0. The van der Waals surface area contributed by atoms with Crippen LogP contribution >= 0.6 is 0 Å². The number of para-hydroxylation sites is 6. The van der Waals surface area contributed by atoms with Gasteiger partial charge in [0, 0.05) is 39.5 Å². The minimum absolute atomic E-state index is 0.154. The van der Waals surface area contributed by atoms with Crippen LogP contribution in [0.15, 0.2) is 170 Å². The second kappa shape index (κ2) is 13.6. The predicted molar refractivity (Wildman–Crippen MR) is 307 cm³/mol. The normalized spacial score (nSPS) is 15.5. The molecule has 350 valence electrons. The van der Waals surface area contributed by atoms with Gasteiger partial charge in [0.15, 0.2) is 0 Å². The fraction of sp³-hybridized carbons (Fsp3) is 0.0462. The van der Waals surface area contributed by atoms with Crippen molar-refractivity contribution in [2.24, 2.45) is 0 Å². The summed E-state index contributed by atoms with van der Waals surface area (Å²) in [5.74, 6) is 5.17. The van der Waals surface area contributed by atoms with Gasteiger partial charge in [-0.2, -0.15) is 10.5 Å². The Morgan fingerprint density at radius 1 is 0.364 bits per heavy atom. The Morgan fingerprint density at radius 3 is 1.01 bits per heavy atom. The molecule has 0 atom stereocenters. The van der Waals surface area contributed by atoms with Crippen molar-refractivity contribution in [1.29, 1.82) is 10.5 Å². The Labute approximate surface area is 444 Å². The van der Waals surface area contributed by atoms with E-state index in [0.717, 1.165) is 134 Å². The maximum atomic E-state index is 11.4. The van der Waals surface area contributed by atoms with Gasteiger partial charge in [0.25, 0.3) is 26.9 Å². The van der Waals surface area contributed by atoms with Gasteiger partial charge in [-0.3, -0.25) is 0 Å². The molecule has 12 heteroatoms. The van der Waals surface area contributed by atoms with Gasteiger partial charge < -0.3 is 28.7 Å². The summed E-state index contributed by atoms with van der Waals surface area (Å²) < 4.78 is 28.4. The largest absolute Gasteiger partial charge is 0.457 e. The van der Waals surface area contributed by atoms with Gasteiger partial charge in [-0.15, -0.1) is 0 Å². The van der Waals surface area contributed by atoms with E-state index in [2.05, 4.69) is 181 Å². The first kappa shape index (κ1) is 40.6. The Balaban J connectivity index is 0.851. The van der Waals surface area contributed by atoms with Crippen LogP contribution in [0.3, 0.4) is 0 Å². The minimum atomic E-state index is -0.502. The lowest BCUT2D eigenvalue weighted by Gasteiger charge is -2.47. The summed E-state index contributed by atoms with van der Waals surface area (Å²) in [5, 5.41) is 22.7. The molecule has 8 aliphatic heterocycles. The Kier molecular flexibility index (Phi) is 7.15. The second-order valence-electron chi connectivity index (χ2n) is 22.3. The molecular weight excluding hydrogens is 944 g/mol. The molecule has 19 rings (SSSR count). The number of rotatable bonds is 0. The van der Waals surface area contributed by atoms with Crippen molar-refractivity contribution in [3.63, 3.8) is 0 Å². The van der Waals surface area contributed by atoms with E-state index in [1.54, 1.807) is 0 Å². The van der Waals surface area contributed by atoms with Gasteiger partial charge in [0.05, 0.1) is 0 Å². The first-order valence-corrected chi connectivity index (χ1v) is 26.4. The maximum Gasteiger partial charge on any atom is 0.256 e. The lowest BCUT2D eigenvalue weighted by molar-refractivity contribution is 0.461. The van der Waals surface area contributed by atoms with Crippen LogP contribution in [0.25, 0.3) is 11.1 Å². The number of nitriles is 2. The van der Waals surface area contributed by atoms with Crippen molar-refractivity contribution in [3.8, 4) is 69.3 Å². The summed E-state index contributed by atoms with van der Waals surface area (Å²) in [5.41, 5.74) is 24.2. The third-order valence-electron chi connectivity index (χ3n) is 18.6. The molecule has 0 amide bonds. The van der Waals surface area contributed by atoms with E-state index in [0.29, 0.717) is 34.1 Å². The number of hydrogen-bond acceptors (Lipinski definition) is 8.